The molecule has 0 fully saturated rings. The average molecular weight is 353 g/mol. The number of fused-ring (bicyclic) bond motifs is 1. The van der Waals surface area contributed by atoms with Crippen molar-refractivity contribution in [2.45, 2.75) is 17.5 Å². The molecule has 1 unspecified atom stereocenters. The van der Waals surface area contributed by atoms with E-state index < -0.39 is 10.0 Å². The lowest BCUT2D eigenvalue weighted by Crippen LogP contribution is -2.39. The molecule has 1 atom stereocenters. The van der Waals surface area contributed by atoms with Gasteiger partial charge in [0.25, 0.3) is 10.0 Å². The van der Waals surface area contributed by atoms with Gasteiger partial charge in [-0.05, 0) is 22.8 Å². The van der Waals surface area contributed by atoms with E-state index in [0.717, 1.165) is 11.1 Å². The van der Waals surface area contributed by atoms with Crippen LogP contribution in [0.25, 0.3) is 0 Å². The van der Waals surface area contributed by atoms with Crippen LogP contribution in [0.15, 0.2) is 71.9 Å². The molecular weight excluding hydrogens is 334 g/mol. The topological polar surface area (TPSA) is 55.2 Å². The van der Waals surface area contributed by atoms with Crippen LogP contribution >= 0.6 is 0 Å². The molecule has 1 aliphatic heterocycles. The minimum absolute atomic E-state index is 0.0224. The Kier molecular flexibility index (Phi) is 3.94. The first-order valence-electron chi connectivity index (χ1n) is 8.18. The van der Waals surface area contributed by atoms with E-state index in [1.807, 2.05) is 36.4 Å². The van der Waals surface area contributed by atoms with Gasteiger partial charge in [0.05, 0.1) is 6.20 Å². The Labute approximate surface area is 147 Å². The van der Waals surface area contributed by atoms with Gasteiger partial charge in [-0.2, -0.15) is 9.40 Å². The van der Waals surface area contributed by atoms with Crippen LogP contribution in [0.5, 0.6) is 0 Å². The fourth-order valence-corrected chi connectivity index (χ4v) is 5.01. The highest BCUT2D eigenvalue weighted by atomic mass is 32.2. The summed E-state index contributed by atoms with van der Waals surface area (Å²) in [5, 5.41) is 4.23. The standard InChI is InChI=1S/C19H19N3O2S/c1-21-19(11-12-20-21)25(23,24)22-13-16-9-5-6-10-17(16)18(14-22)15-7-3-2-4-8-15/h2-12,18H,13-14H2,1H3. The number of sulfonamides is 1. The molecule has 0 amide bonds. The zero-order valence-corrected chi connectivity index (χ0v) is 14.7. The number of aromatic nitrogens is 2. The van der Waals surface area contributed by atoms with Crippen molar-refractivity contribution < 1.29 is 8.42 Å². The van der Waals surface area contributed by atoms with Gasteiger partial charge < -0.3 is 0 Å². The van der Waals surface area contributed by atoms with Gasteiger partial charge in [-0.3, -0.25) is 4.68 Å². The van der Waals surface area contributed by atoms with Crippen LogP contribution < -0.4 is 0 Å². The van der Waals surface area contributed by atoms with Crippen molar-refractivity contribution in [2.75, 3.05) is 6.54 Å². The Morgan fingerprint density at radius 2 is 1.72 bits per heavy atom. The first-order valence-corrected chi connectivity index (χ1v) is 9.62. The minimum Gasteiger partial charge on any atom is -0.256 e. The molecule has 0 spiro atoms. The summed E-state index contributed by atoms with van der Waals surface area (Å²) in [7, 11) is -1.95. The van der Waals surface area contributed by atoms with Crippen molar-refractivity contribution in [3.63, 3.8) is 0 Å². The van der Waals surface area contributed by atoms with Gasteiger partial charge in [-0.1, -0.05) is 54.6 Å². The van der Waals surface area contributed by atoms with Crippen molar-refractivity contribution in [1.82, 2.24) is 14.1 Å². The first kappa shape index (κ1) is 16.1. The maximum Gasteiger partial charge on any atom is 0.260 e. The minimum atomic E-state index is -3.60. The van der Waals surface area contributed by atoms with Crippen LogP contribution in [0.2, 0.25) is 0 Å². The van der Waals surface area contributed by atoms with Crippen LogP contribution in [0.4, 0.5) is 0 Å². The van der Waals surface area contributed by atoms with Crippen LogP contribution in [0.3, 0.4) is 0 Å². The molecule has 0 saturated heterocycles. The fourth-order valence-electron chi connectivity index (χ4n) is 3.48. The predicted octanol–water partition coefficient (Wildman–Crippen LogP) is 2.76. The lowest BCUT2D eigenvalue weighted by molar-refractivity contribution is 0.368. The molecule has 6 heteroatoms. The lowest BCUT2D eigenvalue weighted by atomic mass is 9.86. The van der Waals surface area contributed by atoms with Gasteiger partial charge in [0.1, 0.15) is 0 Å². The average Bonchev–Trinajstić information content (AvgIpc) is 3.08. The van der Waals surface area contributed by atoms with Gasteiger partial charge in [-0.25, -0.2) is 8.42 Å². The van der Waals surface area contributed by atoms with Crippen molar-refractivity contribution in [3.8, 4) is 0 Å². The summed E-state index contributed by atoms with van der Waals surface area (Å²) in [6, 6.07) is 19.7. The van der Waals surface area contributed by atoms with E-state index in [9.17, 15) is 8.42 Å². The predicted molar refractivity (Wildman–Crippen MR) is 95.5 cm³/mol. The maximum absolute atomic E-state index is 13.1. The van der Waals surface area contributed by atoms with Crippen molar-refractivity contribution in [2.24, 2.45) is 7.05 Å². The second-order valence-corrected chi connectivity index (χ2v) is 8.14. The monoisotopic (exact) mass is 353 g/mol. The molecule has 25 heavy (non-hydrogen) atoms. The normalized spacial score (nSPS) is 18.0. The van der Waals surface area contributed by atoms with Gasteiger partial charge in [0.15, 0.2) is 5.03 Å². The van der Waals surface area contributed by atoms with Crippen LogP contribution in [0, 0.1) is 0 Å². The smallest absolute Gasteiger partial charge is 0.256 e. The third kappa shape index (κ3) is 2.77. The van der Waals surface area contributed by atoms with Gasteiger partial charge in [0.2, 0.25) is 0 Å². The molecule has 4 rings (SSSR count). The highest BCUT2D eigenvalue weighted by Gasteiger charge is 2.35. The second-order valence-electron chi connectivity index (χ2n) is 6.25. The number of nitrogens with zero attached hydrogens (tertiary/aromatic N) is 3. The summed E-state index contributed by atoms with van der Waals surface area (Å²) >= 11 is 0. The molecule has 5 nitrogen and oxygen atoms in total. The second kappa shape index (κ2) is 6.13. The summed E-state index contributed by atoms with van der Waals surface area (Å²) < 4.78 is 29.2. The zero-order chi connectivity index (χ0) is 17.4. The van der Waals surface area contributed by atoms with E-state index in [-0.39, 0.29) is 10.9 Å². The third-order valence-corrected chi connectivity index (χ3v) is 6.63. The number of benzene rings is 2. The van der Waals surface area contributed by atoms with E-state index in [4.69, 9.17) is 0 Å². The summed E-state index contributed by atoms with van der Waals surface area (Å²) in [4.78, 5) is 0. The molecule has 0 N–H and O–H groups in total. The van der Waals surface area contributed by atoms with Gasteiger partial charge in [-0.15, -0.1) is 0 Å². The Morgan fingerprint density at radius 1 is 1.00 bits per heavy atom. The Morgan fingerprint density at radius 3 is 2.44 bits per heavy atom. The third-order valence-electron chi connectivity index (χ3n) is 4.75. The quantitative estimate of drug-likeness (QED) is 0.727. The zero-order valence-electron chi connectivity index (χ0n) is 13.9. The summed E-state index contributed by atoms with van der Waals surface area (Å²) in [5.74, 6) is 0.0224. The lowest BCUT2D eigenvalue weighted by Gasteiger charge is -2.34. The van der Waals surface area contributed by atoms with E-state index >= 15 is 0 Å². The van der Waals surface area contributed by atoms with Crippen LogP contribution in [-0.4, -0.2) is 29.0 Å². The molecule has 0 radical (unpaired) electrons. The van der Waals surface area contributed by atoms with Crippen molar-refractivity contribution in [3.05, 3.63) is 83.6 Å². The SMILES string of the molecule is Cn1nccc1S(=O)(=O)N1Cc2ccccc2C(c2ccccc2)C1. The van der Waals surface area contributed by atoms with E-state index in [0.29, 0.717) is 13.1 Å². The van der Waals surface area contributed by atoms with Crippen molar-refractivity contribution in [1.29, 1.82) is 0 Å². The molecule has 128 valence electrons. The Balaban J connectivity index is 1.80. The van der Waals surface area contributed by atoms with E-state index in [2.05, 4.69) is 23.3 Å². The molecule has 0 bridgehead atoms. The molecule has 2 aromatic carbocycles. The van der Waals surface area contributed by atoms with Crippen molar-refractivity contribution >= 4 is 10.0 Å². The van der Waals surface area contributed by atoms with Gasteiger partial charge in [0, 0.05) is 26.1 Å². The molecule has 1 aromatic heterocycles. The maximum atomic E-state index is 13.1. The molecule has 3 aromatic rings. The van der Waals surface area contributed by atoms with Gasteiger partial charge >= 0.3 is 0 Å². The number of aryl methyl sites for hydroxylation is 1. The first-order chi connectivity index (χ1) is 12.1. The highest BCUT2D eigenvalue weighted by Crippen LogP contribution is 2.35. The van der Waals surface area contributed by atoms with E-state index in [1.165, 1.54) is 16.4 Å². The molecule has 1 aliphatic rings. The fraction of sp³-hybridized carbons (Fsp3) is 0.211. The van der Waals surface area contributed by atoms with E-state index in [1.54, 1.807) is 17.4 Å². The largest absolute Gasteiger partial charge is 0.260 e. The highest BCUT2D eigenvalue weighted by molar-refractivity contribution is 7.89. The summed E-state index contributed by atoms with van der Waals surface area (Å²) in [5.41, 5.74) is 3.37. The summed E-state index contributed by atoms with van der Waals surface area (Å²) in [6.07, 6.45) is 1.51. The Hall–Kier alpha value is -2.44. The Bertz CT molecular complexity index is 996. The van der Waals surface area contributed by atoms with Crippen LogP contribution in [0.1, 0.15) is 22.6 Å². The van der Waals surface area contributed by atoms with Crippen LogP contribution in [-0.2, 0) is 23.6 Å². The molecule has 0 aliphatic carbocycles. The number of hydrogen-bond donors (Lipinski definition) is 0. The molecule has 0 saturated carbocycles. The molecule has 2 heterocycles. The number of rotatable bonds is 3. The molecular formula is C19H19N3O2S. The summed E-state index contributed by atoms with van der Waals surface area (Å²) in [6.45, 7) is 0.807. The number of hydrogen-bond acceptors (Lipinski definition) is 3.